The Hall–Kier alpha value is -1.62. The van der Waals surface area contributed by atoms with Crippen LogP contribution in [0.15, 0.2) is 23.8 Å². The molecule has 1 aliphatic carbocycles. The number of nitrogens with zero attached hydrogens (tertiary/aromatic N) is 2. The minimum atomic E-state index is -0.530. The molecule has 0 bridgehead atoms. The zero-order valence-electron chi connectivity index (χ0n) is 11.3. The molecule has 1 N–H and O–H groups in total. The summed E-state index contributed by atoms with van der Waals surface area (Å²) in [7, 11) is 2.05. The predicted molar refractivity (Wildman–Crippen MR) is 73.5 cm³/mol. The van der Waals surface area contributed by atoms with Crippen molar-refractivity contribution in [3.8, 4) is 0 Å². The second-order valence-corrected chi connectivity index (χ2v) is 5.03. The van der Waals surface area contributed by atoms with Crippen LogP contribution in [0.2, 0.25) is 0 Å². The van der Waals surface area contributed by atoms with E-state index in [4.69, 9.17) is 0 Å². The number of piperazine rings is 1. The van der Waals surface area contributed by atoms with Gasteiger partial charge in [0.2, 0.25) is 12.3 Å². The van der Waals surface area contributed by atoms with Gasteiger partial charge in [-0.2, -0.15) is 0 Å². The van der Waals surface area contributed by atoms with Crippen LogP contribution in [0, 0.1) is 0 Å². The number of amides is 2. The molecule has 5 nitrogen and oxygen atoms in total. The van der Waals surface area contributed by atoms with E-state index in [0.717, 1.165) is 44.6 Å². The maximum atomic E-state index is 12.5. The first-order valence-corrected chi connectivity index (χ1v) is 6.76. The zero-order valence-corrected chi connectivity index (χ0v) is 11.3. The van der Waals surface area contributed by atoms with Crippen molar-refractivity contribution in [2.24, 2.45) is 0 Å². The van der Waals surface area contributed by atoms with Crippen LogP contribution in [0.5, 0.6) is 0 Å². The normalized spacial score (nSPS) is 21.7. The molecule has 1 fully saturated rings. The lowest BCUT2D eigenvalue weighted by molar-refractivity contribution is -0.135. The lowest BCUT2D eigenvalue weighted by atomic mass is 9.99. The summed E-state index contributed by atoms with van der Waals surface area (Å²) in [5, 5.41) is 2.66. The van der Waals surface area contributed by atoms with Crippen molar-refractivity contribution in [3.05, 3.63) is 23.8 Å². The van der Waals surface area contributed by atoms with E-state index in [-0.39, 0.29) is 5.91 Å². The van der Waals surface area contributed by atoms with Gasteiger partial charge in [0, 0.05) is 26.2 Å². The highest BCUT2D eigenvalue weighted by molar-refractivity contribution is 5.87. The quantitative estimate of drug-likeness (QED) is 0.735. The van der Waals surface area contributed by atoms with Gasteiger partial charge in [0.05, 0.1) is 0 Å². The van der Waals surface area contributed by atoms with E-state index in [2.05, 4.69) is 17.3 Å². The number of carbonyl (C=O) groups is 2. The molecule has 1 saturated heterocycles. The maximum Gasteiger partial charge on any atom is 0.249 e. The standard InChI is InChI=1S/C14H21N3O2/c1-16-7-9-17(10-8-16)14(19)13(15-11-18)12-5-3-2-4-6-12/h3,5-6,11,13H,2,4,7-10H2,1H3,(H,15,18). The molecule has 5 heteroatoms. The van der Waals surface area contributed by atoms with Crippen LogP contribution in [-0.2, 0) is 9.59 Å². The second kappa shape index (κ2) is 6.52. The van der Waals surface area contributed by atoms with Gasteiger partial charge in [-0.1, -0.05) is 18.2 Å². The summed E-state index contributed by atoms with van der Waals surface area (Å²) in [6.07, 6.45) is 8.57. The Bertz CT molecular complexity index is 395. The molecule has 1 unspecified atom stereocenters. The van der Waals surface area contributed by atoms with Gasteiger partial charge in [0.15, 0.2) is 0 Å². The highest BCUT2D eigenvalue weighted by atomic mass is 16.2. The average Bonchev–Trinajstić information content (AvgIpc) is 2.46. The largest absolute Gasteiger partial charge is 0.343 e. The summed E-state index contributed by atoms with van der Waals surface area (Å²) in [6.45, 7) is 3.22. The SMILES string of the molecule is CN1CCN(C(=O)C(NC=O)C2=CCCC=C2)CC1. The fourth-order valence-electron chi connectivity index (χ4n) is 2.44. The Morgan fingerprint density at radius 1 is 1.32 bits per heavy atom. The molecule has 0 radical (unpaired) electrons. The van der Waals surface area contributed by atoms with Gasteiger partial charge in [-0.05, 0) is 25.5 Å². The summed E-state index contributed by atoms with van der Waals surface area (Å²) < 4.78 is 0. The second-order valence-electron chi connectivity index (χ2n) is 5.03. The van der Waals surface area contributed by atoms with E-state index in [0.29, 0.717) is 6.41 Å². The van der Waals surface area contributed by atoms with Crippen LogP contribution < -0.4 is 5.32 Å². The Morgan fingerprint density at radius 2 is 2.05 bits per heavy atom. The average molecular weight is 263 g/mol. The Kier molecular flexibility index (Phi) is 4.74. The maximum absolute atomic E-state index is 12.5. The van der Waals surface area contributed by atoms with Crippen molar-refractivity contribution < 1.29 is 9.59 Å². The monoisotopic (exact) mass is 263 g/mol. The molecule has 0 saturated carbocycles. The molecule has 104 valence electrons. The molecule has 1 heterocycles. The van der Waals surface area contributed by atoms with Crippen molar-refractivity contribution in [2.75, 3.05) is 33.2 Å². The van der Waals surface area contributed by atoms with E-state index < -0.39 is 6.04 Å². The molecule has 1 atom stereocenters. The minimum absolute atomic E-state index is 0.00185. The van der Waals surface area contributed by atoms with Crippen LogP contribution in [0.25, 0.3) is 0 Å². The van der Waals surface area contributed by atoms with Crippen LogP contribution >= 0.6 is 0 Å². The van der Waals surface area contributed by atoms with Crippen LogP contribution in [0.4, 0.5) is 0 Å². The van der Waals surface area contributed by atoms with E-state index >= 15 is 0 Å². The van der Waals surface area contributed by atoms with Gasteiger partial charge >= 0.3 is 0 Å². The van der Waals surface area contributed by atoms with Gasteiger partial charge < -0.3 is 15.1 Å². The van der Waals surface area contributed by atoms with E-state index in [1.54, 1.807) is 0 Å². The Labute approximate surface area is 113 Å². The molecule has 2 aliphatic rings. The molecule has 0 aromatic rings. The van der Waals surface area contributed by atoms with Gasteiger partial charge in [-0.25, -0.2) is 0 Å². The lowest BCUT2D eigenvalue weighted by Crippen LogP contribution is -2.53. The number of nitrogens with one attached hydrogen (secondary N) is 1. The summed E-state index contributed by atoms with van der Waals surface area (Å²) in [6, 6.07) is -0.530. The third-order valence-corrected chi connectivity index (χ3v) is 3.65. The molecular weight excluding hydrogens is 242 g/mol. The number of allylic oxidation sites excluding steroid dienone is 2. The van der Waals surface area contributed by atoms with Gasteiger partial charge in [-0.3, -0.25) is 9.59 Å². The topological polar surface area (TPSA) is 52.6 Å². The van der Waals surface area contributed by atoms with Crippen molar-refractivity contribution >= 4 is 12.3 Å². The van der Waals surface area contributed by atoms with E-state index in [1.165, 1.54) is 0 Å². The number of rotatable bonds is 4. The first-order chi connectivity index (χ1) is 9.22. The highest BCUT2D eigenvalue weighted by Crippen LogP contribution is 2.16. The van der Waals surface area contributed by atoms with Gasteiger partial charge in [0.1, 0.15) is 6.04 Å². The van der Waals surface area contributed by atoms with E-state index in [9.17, 15) is 9.59 Å². The number of carbonyl (C=O) groups excluding carboxylic acids is 2. The fraction of sp³-hybridized carbons (Fsp3) is 0.571. The van der Waals surface area contributed by atoms with Crippen LogP contribution in [0.3, 0.4) is 0 Å². The highest BCUT2D eigenvalue weighted by Gasteiger charge is 2.28. The summed E-state index contributed by atoms with van der Waals surface area (Å²) >= 11 is 0. The predicted octanol–water partition coefficient (Wildman–Crippen LogP) is 0.151. The summed E-state index contributed by atoms with van der Waals surface area (Å²) in [5.41, 5.74) is 0.905. The zero-order chi connectivity index (χ0) is 13.7. The fourth-order valence-corrected chi connectivity index (χ4v) is 2.44. The number of hydrogen-bond acceptors (Lipinski definition) is 3. The van der Waals surface area contributed by atoms with Crippen molar-refractivity contribution in [2.45, 2.75) is 18.9 Å². The third-order valence-electron chi connectivity index (χ3n) is 3.65. The Morgan fingerprint density at radius 3 is 2.63 bits per heavy atom. The molecule has 19 heavy (non-hydrogen) atoms. The lowest BCUT2D eigenvalue weighted by Gasteiger charge is -2.35. The van der Waals surface area contributed by atoms with Gasteiger partial charge in [0.25, 0.3) is 0 Å². The first-order valence-electron chi connectivity index (χ1n) is 6.76. The minimum Gasteiger partial charge on any atom is -0.343 e. The molecule has 2 rings (SSSR count). The first kappa shape index (κ1) is 13.8. The molecule has 0 aromatic carbocycles. The van der Waals surface area contributed by atoms with Crippen LogP contribution in [0.1, 0.15) is 12.8 Å². The molecule has 2 amide bonds. The molecular formula is C14H21N3O2. The number of hydrogen-bond donors (Lipinski definition) is 1. The summed E-state index contributed by atoms with van der Waals surface area (Å²) in [5.74, 6) is -0.00185. The van der Waals surface area contributed by atoms with Crippen molar-refractivity contribution in [1.29, 1.82) is 0 Å². The van der Waals surface area contributed by atoms with Gasteiger partial charge in [-0.15, -0.1) is 0 Å². The molecule has 1 aliphatic heterocycles. The van der Waals surface area contributed by atoms with Crippen molar-refractivity contribution in [1.82, 2.24) is 15.1 Å². The summed E-state index contributed by atoms with van der Waals surface area (Å²) in [4.78, 5) is 27.3. The number of likely N-dealkylation sites (N-methyl/N-ethyl adjacent to an activating group) is 1. The van der Waals surface area contributed by atoms with Crippen molar-refractivity contribution in [3.63, 3.8) is 0 Å². The Balaban J connectivity index is 2.05. The molecule has 0 aromatic heterocycles. The third kappa shape index (κ3) is 3.44. The smallest absolute Gasteiger partial charge is 0.249 e. The van der Waals surface area contributed by atoms with E-state index in [1.807, 2.05) is 23.1 Å². The van der Waals surface area contributed by atoms with Crippen LogP contribution in [-0.4, -0.2) is 61.4 Å². The molecule has 0 spiro atoms.